The molecule has 3 aromatic rings. The molecule has 0 spiro atoms. The Morgan fingerprint density at radius 3 is 2.75 bits per heavy atom. The van der Waals surface area contributed by atoms with Gasteiger partial charge in [0.25, 0.3) is 10.0 Å². The van der Waals surface area contributed by atoms with Crippen molar-refractivity contribution >= 4 is 21.4 Å². The molecule has 0 bridgehead atoms. The van der Waals surface area contributed by atoms with E-state index in [0.29, 0.717) is 40.5 Å². The van der Waals surface area contributed by atoms with Gasteiger partial charge in [-0.1, -0.05) is 42.3 Å². The predicted octanol–water partition coefficient (Wildman–Crippen LogP) is 4.20. The van der Waals surface area contributed by atoms with Gasteiger partial charge in [-0.05, 0) is 36.5 Å². The second-order valence-corrected chi connectivity index (χ2v) is 10.5. The van der Waals surface area contributed by atoms with Crippen LogP contribution in [-0.4, -0.2) is 29.4 Å². The maximum atomic E-state index is 13.1. The first-order valence-electron chi connectivity index (χ1n) is 9.61. The SMILES string of the molecule is O=S(=O)(c1cc(-c2noc(C3CCCC3)n2)cs1)N1CCc2ccccc2C1. The lowest BCUT2D eigenvalue weighted by Gasteiger charge is -2.27. The van der Waals surface area contributed by atoms with Gasteiger partial charge in [-0.25, -0.2) is 8.42 Å². The average Bonchev–Trinajstić information content (AvgIpc) is 3.48. The van der Waals surface area contributed by atoms with Crippen LogP contribution >= 0.6 is 11.3 Å². The highest BCUT2D eigenvalue weighted by atomic mass is 32.2. The summed E-state index contributed by atoms with van der Waals surface area (Å²) in [5.74, 6) is 1.50. The smallest absolute Gasteiger partial charge is 0.252 e. The molecule has 2 aliphatic rings. The number of benzene rings is 1. The average molecular weight is 416 g/mol. The normalized spacial score (nSPS) is 18.4. The van der Waals surface area contributed by atoms with Gasteiger partial charge in [0.2, 0.25) is 11.7 Å². The van der Waals surface area contributed by atoms with Crippen molar-refractivity contribution in [3.8, 4) is 11.4 Å². The molecule has 146 valence electrons. The van der Waals surface area contributed by atoms with Crippen molar-refractivity contribution in [3.05, 3.63) is 52.7 Å². The van der Waals surface area contributed by atoms with Crippen LogP contribution in [0.1, 0.15) is 48.6 Å². The van der Waals surface area contributed by atoms with Gasteiger partial charge in [0.1, 0.15) is 4.21 Å². The summed E-state index contributed by atoms with van der Waals surface area (Å²) in [6, 6.07) is 9.70. The lowest BCUT2D eigenvalue weighted by Crippen LogP contribution is -2.35. The van der Waals surface area contributed by atoms with E-state index in [1.165, 1.54) is 29.7 Å². The summed E-state index contributed by atoms with van der Waals surface area (Å²) in [7, 11) is -3.54. The summed E-state index contributed by atoms with van der Waals surface area (Å²) in [5.41, 5.74) is 3.01. The number of hydrogen-bond donors (Lipinski definition) is 0. The zero-order valence-corrected chi connectivity index (χ0v) is 17.0. The molecule has 2 aromatic heterocycles. The van der Waals surface area contributed by atoms with Crippen LogP contribution in [0, 0.1) is 0 Å². The second kappa shape index (κ2) is 7.09. The molecule has 0 atom stereocenters. The Morgan fingerprint density at radius 2 is 1.93 bits per heavy atom. The first-order chi connectivity index (χ1) is 13.6. The fourth-order valence-electron chi connectivity index (χ4n) is 4.06. The number of thiophene rings is 1. The standard InChI is InChI=1S/C20H21N3O3S2/c24-28(25,23-10-9-14-5-1-4-8-16(14)12-23)18-11-17(13-27-18)19-21-20(26-22-19)15-6-2-3-7-15/h1,4-5,8,11,13,15H,2-3,6-7,9-10,12H2. The molecule has 3 heterocycles. The van der Waals surface area contributed by atoms with Crippen LogP contribution in [0.25, 0.3) is 11.4 Å². The summed E-state index contributed by atoms with van der Waals surface area (Å²) >= 11 is 1.22. The quantitative estimate of drug-likeness (QED) is 0.638. The third kappa shape index (κ3) is 3.19. The molecule has 0 unspecified atom stereocenters. The minimum Gasteiger partial charge on any atom is -0.339 e. The number of nitrogens with zero attached hydrogens (tertiary/aromatic N) is 3. The highest BCUT2D eigenvalue weighted by Gasteiger charge is 2.30. The number of fused-ring (bicyclic) bond motifs is 1. The minimum atomic E-state index is -3.54. The maximum absolute atomic E-state index is 13.1. The van der Waals surface area contributed by atoms with Crippen molar-refractivity contribution in [1.29, 1.82) is 0 Å². The Morgan fingerprint density at radius 1 is 1.14 bits per heavy atom. The van der Waals surface area contributed by atoms with Crippen molar-refractivity contribution in [2.24, 2.45) is 0 Å². The van der Waals surface area contributed by atoms with Gasteiger partial charge >= 0.3 is 0 Å². The number of rotatable bonds is 4. The van der Waals surface area contributed by atoms with Gasteiger partial charge in [0.05, 0.1) is 0 Å². The minimum absolute atomic E-state index is 0.328. The molecule has 28 heavy (non-hydrogen) atoms. The van der Waals surface area contributed by atoms with Crippen molar-refractivity contribution in [3.63, 3.8) is 0 Å². The third-order valence-electron chi connectivity index (χ3n) is 5.67. The fraction of sp³-hybridized carbons (Fsp3) is 0.400. The van der Waals surface area contributed by atoms with E-state index in [-0.39, 0.29) is 0 Å². The molecule has 0 saturated heterocycles. The van der Waals surface area contributed by atoms with Crippen LogP contribution in [0.4, 0.5) is 0 Å². The molecular formula is C20H21N3O3S2. The molecule has 0 amide bonds. The molecule has 0 radical (unpaired) electrons. The summed E-state index contributed by atoms with van der Waals surface area (Å²) < 4.78 is 33.6. The van der Waals surface area contributed by atoms with Gasteiger partial charge in [0.15, 0.2) is 0 Å². The van der Waals surface area contributed by atoms with E-state index in [1.807, 2.05) is 18.2 Å². The monoisotopic (exact) mass is 415 g/mol. The summed E-state index contributed by atoms with van der Waals surface area (Å²) in [4.78, 5) is 4.52. The van der Waals surface area contributed by atoms with Gasteiger partial charge in [-0.2, -0.15) is 9.29 Å². The van der Waals surface area contributed by atoms with E-state index in [4.69, 9.17) is 4.52 Å². The molecule has 1 aliphatic heterocycles. The Balaban J connectivity index is 1.38. The number of sulfonamides is 1. The van der Waals surface area contributed by atoms with Crippen molar-refractivity contribution in [2.45, 2.75) is 48.8 Å². The zero-order valence-electron chi connectivity index (χ0n) is 15.4. The Hall–Kier alpha value is -2.03. The molecule has 0 N–H and O–H groups in total. The maximum Gasteiger partial charge on any atom is 0.252 e. The zero-order chi connectivity index (χ0) is 19.1. The molecular weight excluding hydrogens is 394 g/mol. The lowest BCUT2D eigenvalue weighted by atomic mass is 10.0. The van der Waals surface area contributed by atoms with E-state index in [0.717, 1.165) is 24.8 Å². The second-order valence-electron chi connectivity index (χ2n) is 7.45. The Bertz CT molecular complexity index is 1100. The summed E-state index contributed by atoms with van der Waals surface area (Å²) in [6.45, 7) is 0.917. The van der Waals surface area contributed by atoms with Gasteiger partial charge in [-0.15, -0.1) is 11.3 Å². The first kappa shape index (κ1) is 18.0. The largest absolute Gasteiger partial charge is 0.339 e. The van der Waals surface area contributed by atoms with Crippen molar-refractivity contribution in [2.75, 3.05) is 6.54 Å². The van der Waals surface area contributed by atoms with E-state index in [9.17, 15) is 8.42 Å². The van der Waals surface area contributed by atoms with E-state index >= 15 is 0 Å². The van der Waals surface area contributed by atoms with E-state index in [2.05, 4.69) is 16.2 Å². The fourth-order valence-corrected chi connectivity index (χ4v) is 6.79. The highest BCUT2D eigenvalue weighted by molar-refractivity contribution is 7.91. The highest BCUT2D eigenvalue weighted by Crippen LogP contribution is 2.35. The van der Waals surface area contributed by atoms with Gasteiger partial charge in [0, 0.05) is 30.0 Å². The Labute approximate surface area is 168 Å². The van der Waals surface area contributed by atoms with Gasteiger partial charge in [-0.3, -0.25) is 0 Å². The summed E-state index contributed by atoms with van der Waals surface area (Å²) in [6.07, 6.45) is 5.30. The first-order valence-corrected chi connectivity index (χ1v) is 11.9. The molecule has 1 aromatic carbocycles. The van der Waals surface area contributed by atoms with Crippen LogP contribution in [0.5, 0.6) is 0 Å². The predicted molar refractivity (Wildman–Crippen MR) is 107 cm³/mol. The Kier molecular flexibility index (Phi) is 4.57. The summed E-state index contributed by atoms with van der Waals surface area (Å²) in [5, 5.41) is 5.88. The van der Waals surface area contributed by atoms with Crippen LogP contribution in [0.15, 0.2) is 44.4 Å². The molecule has 6 nitrogen and oxygen atoms in total. The van der Waals surface area contributed by atoms with Crippen LogP contribution in [-0.2, 0) is 23.0 Å². The topological polar surface area (TPSA) is 76.3 Å². The van der Waals surface area contributed by atoms with E-state index < -0.39 is 10.0 Å². The van der Waals surface area contributed by atoms with E-state index in [1.54, 1.807) is 15.8 Å². The molecule has 1 saturated carbocycles. The third-order valence-corrected chi connectivity index (χ3v) is 8.93. The molecule has 1 aliphatic carbocycles. The van der Waals surface area contributed by atoms with Gasteiger partial charge < -0.3 is 4.52 Å². The molecule has 8 heteroatoms. The van der Waals surface area contributed by atoms with Crippen LogP contribution in [0.3, 0.4) is 0 Å². The molecule has 1 fully saturated rings. The van der Waals surface area contributed by atoms with Crippen molar-refractivity contribution < 1.29 is 12.9 Å². The number of aromatic nitrogens is 2. The van der Waals surface area contributed by atoms with Crippen LogP contribution < -0.4 is 0 Å². The van der Waals surface area contributed by atoms with Crippen LogP contribution in [0.2, 0.25) is 0 Å². The molecule has 5 rings (SSSR count). The van der Waals surface area contributed by atoms with Crippen molar-refractivity contribution in [1.82, 2.24) is 14.4 Å². The lowest BCUT2D eigenvalue weighted by molar-refractivity contribution is 0.354. The number of hydrogen-bond acceptors (Lipinski definition) is 6.